The first-order valence-electron chi connectivity index (χ1n) is 12.6. The molecule has 194 valence electrons. The Kier molecular flexibility index (Phi) is 7.13. The zero-order valence-electron chi connectivity index (χ0n) is 21.1. The van der Waals surface area contributed by atoms with Gasteiger partial charge in [0.15, 0.2) is 0 Å². The molecule has 0 bridgehead atoms. The van der Waals surface area contributed by atoms with Crippen molar-refractivity contribution >= 4 is 39.3 Å². The minimum Gasteiger partial charge on any atom is -0.501 e. The van der Waals surface area contributed by atoms with Crippen molar-refractivity contribution in [3.63, 3.8) is 0 Å². The molecule has 0 atom stereocenters. The molecular formula is C34H21N3O2Pt. The van der Waals surface area contributed by atoms with Gasteiger partial charge in [-0.1, -0.05) is 65.5 Å². The van der Waals surface area contributed by atoms with Gasteiger partial charge >= 0.3 is 21.1 Å². The van der Waals surface area contributed by atoms with E-state index >= 15 is 0 Å². The Balaban J connectivity index is 0.00000289. The average Bonchev–Trinajstić information content (AvgIpc) is 3.38. The Hall–Kier alpha value is -4.73. The third kappa shape index (κ3) is 4.88. The molecule has 5 nitrogen and oxygen atoms in total. The Morgan fingerprint density at radius 3 is 2.25 bits per heavy atom. The molecule has 0 unspecified atom stereocenters. The van der Waals surface area contributed by atoms with E-state index in [0.717, 1.165) is 38.9 Å². The van der Waals surface area contributed by atoms with E-state index in [2.05, 4.69) is 18.2 Å². The molecule has 6 heteroatoms. The number of para-hydroxylation sites is 3. The minimum absolute atomic E-state index is 0. The molecule has 3 aromatic heterocycles. The Bertz CT molecular complexity index is 1910. The SMILES string of the molecule is [Pt+2].[c-]1ccccc1Oc1cccc(N(c2ccccc2)c2cccc(-c3[c-]ccc4c3oc3ccccc34)n2)n1. The van der Waals surface area contributed by atoms with E-state index in [1.165, 1.54) is 0 Å². The second-order valence-electron chi connectivity index (χ2n) is 8.91. The first-order valence-corrected chi connectivity index (χ1v) is 12.6. The van der Waals surface area contributed by atoms with E-state index in [4.69, 9.17) is 19.1 Å². The molecule has 7 aromatic rings. The fourth-order valence-corrected chi connectivity index (χ4v) is 4.67. The summed E-state index contributed by atoms with van der Waals surface area (Å²) in [5.41, 5.74) is 4.09. The molecule has 0 aliphatic heterocycles. The number of pyridine rings is 2. The van der Waals surface area contributed by atoms with Crippen molar-refractivity contribution in [2.45, 2.75) is 0 Å². The van der Waals surface area contributed by atoms with Crippen LogP contribution in [0.1, 0.15) is 0 Å². The third-order valence-electron chi connectivity index (χ3n) is 6.41. The molecule has 0 spiro atoms. The van der Waals surface area contributed by atoms with Gasteiger partial charge in [0.05, 0.1) is 5.58 Å². The molecule has 0 radical (unpaired) electrons. The van der Waals surface area contributed by atoms with E-state index in [-0.39, 0.29) is 21.1 Å². The zero-order chi connectivity index (χ0) is 26.0. The largest absolute Gasteiger partial charge is 2.00 e. The van der Waals surface area contributed by atoms with Crippen LogP contribution in [0.2, 0.25) is 0 Å². The second kappa shape index (κ2) is 11.2. The second-order valence-corrected chi connectivity index (χ2v) is 8.91. The molecule has 0 amide bonds. The summed E-state index contributed by atoms with van der Waals surface area (Å²) in [4.78, 5) is 11.9. The topological polar surface area (TPSA) is 51.4 Å². The summed E-state index contributed by atoms with van der Waals surface area (Å²) >= 11 is 0. The molecule has 0 fully saturated rings. The number of furan rings is 1. The van der Waals surface area contributed by atoms with Crippen molar-refractivity contribution in [1.29, 1.82) is 0 Å². The molecule has 0 aliphatic carbocycles. The Labute approximate surface area is 246 Å². The Morgan fingerprint density at radius 1 is 0.625 bits per heavy atom. The quantitative estimate of drug-likeness (QED) is 0.163. The molecule has 0 aliphatic rings. The number of anilines is 3. The molecule has 0 N–H and O–H groups in total. The molecule has 40 heavy (non-hydrogen) atoms. The van der Waals surface area contributed by atoms with Crippen LogP contribution >= 0.6 is 0 Å². The number of hydrogen-bond acceptors (Lipinski definition) is 5. The van der Waals surface area contributed by atoms with Gasteiger partial charge in [0.25, 0.3) is 0 Å². The number of hydrogen-bond donors (Lipinski definition) is 0. The van der Waals surface area contributed by atoms with Gasteiger partial charge in [-0.15, -0.1) is 30.3 Å². The van der Waals surface area contributed by atoms with Crippen LogP contribution in [0.25, 0.3) is 33.2 Å². The number of rotatable bonds is 6. The summed E-state index contributed by atoms with van der Waals surface area (Å²) in [7, 11) is 0. The van der Waals surface area contributed by atoms with Gasteiger partial charge in [-0.05, 0) is 36.0 Å². The van der Waals surface area contributed by atoms with Crippen LogP contribution in [0.15, 0.2) is 132 Å². The van der Waals surface area contributed by atoms with Crippen LogP contribution in [-0.4, -0.2) is 9.97 Å². The maximum atomic E-state index is 6.26. The van der Waals surface area contributed by atoms with Crippen molar-refractivity contribution in [2.75, 3.05) is 4.90 Å². The molecule has 0 saturated heterocycles. The maximum absolute atomic E-state index is 6.26. The van der Waals surface area contributed by atoms with Gasteiger partial charge in [0.2, 0.25) is 5.88 Å². The van der Waals surface area contributed by atoms with Gasteiger partial charge in [-0.3, -0.25) is 9.88 Å². The van der Waals surface area contributed by atoms with Crippen LogP contribution in [0.5, 0.6) is 11.6 Å². The average molecular weight is 699 g/mol. The van der Waals surface area contributed by atoms with Crippen molar-refractivity contribution in [3.8, 4) is 22.9 Å². The summed E-state index contributed by atoms with van der Waals surface area (Å²) in [6.45, 7) is 0. The van der Waals surface area contributed by atoms with Crippen molar-refractivity contribution in [3.05, 3.63) is 140 Å². The van der Waals surface area contributed by atoms with Crippen LogP contribution in [0, 0.1) is 12.1 Å². The zero-order valence-corrected chi connectivity index (χ0v) is 23.4. The van der Waals surface area contributed by atoms with E-state index < -0.39 is 0 Å². The molecule has 0 saturated carbocycles. The van der Waals surface area contributed by atoms with Crippen molar-refractivity contribution in [2.24, 2.45) is 0 Å². The number of nitrogens with zero attached hydrogens (tertiary/aromatic N) is 3. The van der Waals surface area contributed by atoms with Gasteiger partial charge < -0.3 is 9.15 Å². The van der Waals surface area contributed by atoms with Crippen LogP contribution in [-0.2, 0) is 21.1 Å². The van der Waals surface area contributed by atoms with Crippen LogP contribution in [0.4, 0.5) is 17.3 Å². The van der Waals surface area contributed by atoms with Gasteiger partial charge in [0, 0.05) is 22.9 Å². The monoisotopic (exact) mass is 698 g/mol. The molecule has 3 heterocycles. The van der Waals surface area contributed by atoms with Crippen LogP contribution < -0.4 is 9.64 Å². The number of fused-ring (bicyclic) bond motifs is 3. The van der Waals surface area contributed by atoms with E-state index in [1.54, 1.807) is 0 Å². The number of benzene rings is 4. The summed E-state index contributed by atoms with van der Waals surface area (Å²) in [6.07, 6.45) is 0. The summed E-state index contributed by atoms with van der Waals surface area (Å²) < 4.78 is 12.2. The third-order valence-corrected chi connectivity index (χ3v) is 6.41. The standard InChI is InChI=1S/C34H21N3O2.Pt/c1-3-12-24(13-4-1)37(32-22-11-23-33(36-32)38-25-14-5-2-6-15-25)31-21-10-19-29(35-31)28-18-9-17-27-26-16-7-8-20-30(26)39-34(27)28;/h1-14,16-17,19-23H;/q-2;+2. The summed E-state index contributed by atoms with van der Waals surface area (Å²) in [5.74, 6) is 2.44. The summed E-state index contributed by atoms with van der Waals surface area (Å²) in [6, 6.07) is 47.6. The van der Waals surface area contributed by atoms with Gasteiger partial charge in [-0.2, -0.15) is 23.2 Å². The minimum atomic E-state index is 0. The number of aromatic nitrogens is 2. The predicted octanol–water partition coefficient (Wildman–Crippen LogP) is 8.90. The van der Waals surface area contributed by atoms with Crippen LogP contribution in [0.3, 0.4) is 0 Å². The smallest absolute Gasteiger partial charge is 0.501 e. The van der Waals surface area contributed by atoms with E-state index in [1.807, 2.05) is 126 Å². The number of ether oxygens (including phenoxy) is 1. The van der Waals surface area contributed by atoms with E-state index in [0.29, 0.717) is 23.3 Å². The van der Waals surface area contributed by atoms with Gasteiger partial charge in [-0.25, -0.2) is 0 Å². The van der Waals surface area contributed by atoms with Crippen molar-refractivity contribution < 1.29 is 30.2 Å². The first-order chi connectivity index (χ1) is 19.3. The predicted molar refractivity (Wildman–Crippen MR) is 154 cm³/mol. The molecule has 7 rings (SSSR count). The summed E-state index contributed by atoms with van der Waals surface area (Å²) in [5, 5.41) is 2.11. The first kappa shape index (κ1) is 25.5. The van der Waals surface area contributed by atoms with E-state index in [9.17, 15) is 0 Å². The van der Waals surface area contributed by atoms with Crippen molar-refractivity contribution in [1.82, 2.24) is 9.97 Å². The molecular weight excluding hydrogens is 677 g/mol. The fourth-order valence-electron chi connectivity index (χ4n) is 4.67. The Morgan fingerprint density at radius 2 is 1.40 bits per heavy atom. The fraction of sp³-hybridized carbons (Fsp3) is 0. The maximum Gasteiger partial charge on any atom is 2.00 e. The normalized spacial score (nSPS) is 10.8. The van der Waals surface area contributed by atoms with Gasteiger partial charge in [0.1, 0.15) is 17.2 Å². The molecule has 4 aromatic carbocycles.